The number of piperidine rings is 1. The number of nitrogens with zero attached hydrogens (tertiary/aromatic N) is 3. The number of hydrogen-bond acceptors (Lipinski definition) is 6. The van der Waals surface area contributed by atoms with Crippen molar-refractivity contribution in [3.05, 3.63) is 30.1 Å². The third kappa shape index (κ3) is 4.20. The smallest absolute Gasteiger partial charge is 0.419 e. The van der Waals surface area contributed by atoms with E-state index in [1.165, 1.54) is 13.3 Å². The fourth-order valence-electron chi connectivity index (χ4n) is 4.09. The highest BCUT2D eigenvalue weighted by atomic mass is 19.4. The van der Waals surface area contributed by atoms with Crippen molar-refractivity contribution in [2.45, 2.75) is 25.1 Å². The maximum absolute atomic E-state index is 13.8. The largest absolute Gasteiger partial charge is 0.492 e. The molecule has 3 aromatic rings. The second-order valence-electron chi connectivity index (χ2n) is 7.73. The lowest BCUT2D eigenvalue weighted by Crippen LogP contribution is -2.40. The number of H-pyrrole nitrogens is 1. The van der Waals surface area contributed by atoms with E-state index in [1.54, 1.807) is 12.1 Å². The number of halogens is 3. The number of methoxy groups -OCH3 is 1. The van der Waals surface area contributed by atoms with E-state index >= 15 is 0 Å². The molecule has 1 atom stereocenters. The molecule has 1 aliphatic rings. The van der Waals surface area contributed by atoms with Gasteiger partial charge in [0.25, 0.3) is 0 Å². The van der Waals surface area contributed by atoms with Gasteiger partial charge in [-0.2, -0.15) is 13.2 Å². The van der Waals surface area contributed by atoms with Gasteiger partial charge in [-0.3, -0.25) is 4.79 Å². The summed E-state index contributed by atoms with van der Waals surface area (Å²) in [6, 6.07) is 3.23. The van der Waals surface area contributed by atoms with Crippen LogP contribution in [-0.4, -0.2) is 59.6 Å². The van der Waals surface area contributed by atoms with Crippen LogP contribution in [0.2, 0.25) is 0 Å². The van der Waals surface area contributed by atoms with Crippen molar-refractivity contribution < 1.29 is 22.7 Å². The molecule has 4 rings (SSSR count). The number of hydrogen-bond donors (Lipinski definition) is 3. The zero-order valence-corrected chi connectivity index (χ0v) is 17.6. The van der Waals surface area contributed by atoms with Crippen LogP contribution in [0.1, 0.15) is 18.4 Å². The lowest BCUT2D eigenvalue weighted by molar-refractivity contribution is -0.137. The second-order valence-corrected chi connectivity index (χ2v) is 7.73. The van der Waals surface area contributed by atoms with Gasteiger partial charge in [-0.05, 0) is 38.6 Å². The minimum Gasteiger partial charge on any atom is -0.492 e. The van der Waals surface area contributed by atoms with Gasteiger partial charge in [-0.15, -0.1) is 0 Å². The van der Waals surface area contributed by atoms with E-state index in [2.05, 4.69) is 30.5 Å². The summed E-state index contributed by atoms with van der Waals surface area (Å²) in [6.07, 6.45) is 0.0110. The molecule has 1 unspecified atom stereocenters. The Morgan fingerprint density at radius 1 is 1.34 bits per heavy atom. The highest BCUT2D eigenvalue weighted by Crippen LogP contribution is 2.42. The topological polar surface area (TPSA) is 95.2 Å². The molecule has 0 radical (unpaired) electrons. The van der Waals surface area contributed by atoms with Gasteiger partial charge < -0.3 is 25.3 Å². The number of aromatic nitrogens is 3. The first-order valence-electron chi connectivity index (χ1n) is 10.1. The van der Waals surface area contributed by atoms with Gasteiger partial charge in [0.1, 0.15) is 5.56 Å². The molecule has 0 aliphatic carbocycles. The van der Waals surface area contributed by atoms with E-state index in [1.807, 2.05) is 7.05 Å². The summed E-state index contributed by atoms with van der Waals surface area (Å²) in [5, 5.41) is 6.17. The summed E-state index contributed by atoms with van der Waals surface area (Å²) < 4.78 is 46.8. The molecule has 1 amide bonds. The Morgan fingerprint density at radius 3 is 2.84 bits per heavy atom. The summed E-state index contributed by atoms with van der Waals surface area (Å²) >= 11 is 0. The highest BCUT2D eigenvalue weighted by Gasteiger charge is 2.36. The van der Waals surface area contributed by atoms with Gasteiger partial charge in [-0.25, -0.2) is 9.97 Å². The highest BCUT2D eigenvalue weighted by molar-refractivity contribution is 6.02. The molecule has 1 aliphatic heterocycles. The summed E-state index contributed by atoms with van der Waals surface area (Å²) in [7, 11) is 3.42. The maximum atomic E-state index is 13.8. The number of carbonyl (C=O) groups is 1. The SMILES string of the molecule is COc1c(NC=O)ccc2c(-c3nc(NC4CCCN(C)C4)ncc3C(F)(F)F)c[nH]c12. The third-order valence-electron chi connectivity index (χ3n) is 5.53. The molecular formula is C21H23F3N6O2. The Kier molecular flexibility index (Phi) is 5.92. The van der Waals surface area contributed by atoms with Crippen LogP contribution >= 0.6 is 0 Å². The van der Waals surface area contributed by atoms with Crippen molar-refractivity contribution >= 4 is 28.9 Å². The van der Waals surface area contributed by atoms with Crippen LogP contribution in [-0.2, 0) is 11.0 Å². The lowest BCUT2D eigenvalue weighted by Gasteiger charge is -2.30. The fourth-order valence-corrected chi connectivity index (χ4v) is 4.09. The number of fused-ring (bicyclic) bond motifs is 1. The Morgan fingerprint density at radius 2 is 2.16 bits per heavy atom. The third-order valence-corrected chi connectivity index (χ3v) is 5.53. The lowest BCUT2D eigenvalue weighted by atomic mass is 10.0. The molecular weight excluding hydrogens is 425 g/mol. The van der Waals surface area contributed by atoms with Crippen molar-refractivity contribution in [2.24, 2.45) is 0 Å². The fraction of sp³-hybridized carbons (Fsp3) is 0.381. The Labute approximate surface area is 182 Å². The number of aromatic amines is 1. The number of carbonyl (C=O) groups excluding carboxylic acids is 1. The number of ether oxygens (including phenoxy) is 1. The Hall–Kier alpha value is -3.34. The molecule has 1 aromatic carbocycles. The monoisotopic (exact) mass is 448 g/mol. The van der Waals surface area contributed by atoms with Crippen LogP contribution in [0.15, 0.2) is 24.5 Å². The van der Waals surface area contributed by atoms with Gasteiger partial charge in [0.2, 0.25) is 12.4 Å². The summed E-state index contributed by atoms with van der Waals surface area (Å²) in [4.78, 5) is 24.2. The van der Waals surface area contributed by atoms with Gasteiger partial charge in [0.15, 0.2) is 5.75 Å². The number of anilines is 2. The molecule has 1 saturated heterocycles. The number of nitrogens with one attached hydrogen (secondary N) is 3. The molecule has 2 aromatic heterocycles. The van der Waals surface area contributed by atoms with Crippen LogP contribution in [0.5, 0.6) is 5.75 Å². The minimum atomic E-state index is -4.63. The van der Waals surface area contributed by atoms with E-state index in [4.69, 9.17) is 4.74 Å². The predicted octanol–water partition coefficient (Wildman–Crippen LogP) is 3.73. The zero-order valence-electron chi connectivity index (χ0n) is 17.6. The van der Waals surface area contributed by atoms with E-state index in [0.29, 0.717) is 28.7 Å². The van der Waals surface area contributed by atoms with Crippen molar-refractivity contribution in [1.82, 2.24) is 19.9 Å². The molecule has 0 bridgehead atoms. The molecule has 8 nitrogen and oxygen atoms in total. The molecule has 3 heterocycles. The van der Waals surface area contributed by atoms with Crippen molar-refractivity contribution in [3.8, 4) is 17.0 Å². The average Bonchev–Trinajstić information content (AvgIpc) is 3.17. The van der Waals surface area contributed by atoms with Crippen LogP contribution in [0, 0.1) is 0 Å². The Bertz CT molecular complexity index is 1130. The number of likely N-dealkylation sites (tertiary alicyclic amines) is 1. The predicted molar refractivity (Wildman–Crippen MR) is 115 cm³/mol. The van der Waals surface area contributed by atoms with Crippen molar-refractivity contribution in [3.63, 3.8) is 0 Å². The Balaban J connectivity index is 1.80. The molecule has 0 spiro atoms. The van der Waals surface area contributed by atoms with E-state index in [-0.39, 0.29) is 23.2 Å². The first-order valence-corrected chi connectivity index (χ1v) is 10.1. The molecule has 1 fully saturated rings. The van der Waals surface area contributed by atoms with Crippen LogP contribution < -0.4 is 15.4 Å². The summed E-state index contributed by atoms with van der Waals surface area (Å²) in [5.41, 5.74) is -0.0627. The van der Waals surface area contributed by atoms with Crippen LogP contribution in [0.3, 0.4) is 0 Å². The quantitative estimate of drug-likeness (QED) is 0.498. The van der Waals surface area contributed by atoms with E-state index in [9.17, 15) is 18.0 Å². The molecule has 11 heteroatoms. The van der Waals surface area contributed by atoms with Crippen molar-refractivity contribution in [1.29, 1.82) is 0 Å². The van der Waals surface area contributed by atoms with Gasteiger partial charge in [0.05, 0.1) is 24.0 Å². The van der Waals surface area contributed by atoms with Crippen LogP contribution in [0.25, 0.3) is 22.2 Å². The molecule has 170 valence electrons. The number of rotatable bonds is 6. The summed E-state index contributed by atoms with van der Waals surface area (Å²) in [5.74, 6) is 0.459. The number of benzene rings is 1. The minimum absolute atomic E-state index is 0.0540. The normalized spacial score (nSPS) is 17.3. The second kappa shape index (κ2) is 8.65. The van der Waals surface area contributed by atoms with E-state index < -0.39 is 11.7 Å². The summed E-state index contributed by atoms with van der Waals surface area (Å²) in [6.45, 7) is 1.74. The van der Waals surface area contributed by atoms with E-state index in [0.717, 1.165) is 32.1 Å². The maximum Gasteiger partial charge on any atom is 0.419 e. The van der Waals surface area contributed by atoms with Crippen molar-refractivity contribution in [2.75, 3.05) is 37.9 Å². The number of likely N-dealkylation sites (N-methyl/N-ethyl adjacent to an activating group) is 1. The van der Waals surface area contributed by atoms with Gasteiger partial charge >= 0.3 is 6.18 Å². The molecule has 3 N–H and O–H groups in total. The number of amides is 1. The average molecular weight is 448 g/mol. The number of alkyl halides is 3. The first-order chi connectivity index (χ1) is 15.3. The van der Waals surface area contributed by atoms with Gasteiger partial charge in [-0.1, -0.05) is 0 Å². The van der Waals surface area contributed by atoms with Gasteiger partial charge in [0, 0.05) is 35.9 Å². The van der Waals surface area contributed by atoms with Crippen LogP contribution in [0.4, 0.5) is 24.8 Å². The first kappa shape index (κ1) is 21.9. The standard InChI is InChI=1S/C21H23F3N6O2/c1-30-7-3-4-12(10-30)28-20-26-9-15(21(22,23)24)17(29-20)14-8-25-18-13(14)5-6-16(27-11-31)19(18)32-2/h5-6,8-9,11-12,25H,3-4,7,10H2,1-2H3,(H,27,31)(H,26,28,29). The zero-order chi connectivity index (χ0) is 22.9. The molecule has 32 heavy (non-hydrogen) atoms. The molecule has 0 saturated carbocycles.